The van der Waals surface area contributed by atoms with Crippen LogP contribution >= 0.6 is 0 Å². The number of amides is 4. The second-order valence-electron chi connectivity index (χ2n) is 8.05. The molecule has 0 bridgehead atoms. The fourth-order valence-electron chi connectivity index (χ4n) is 3.94. The highest BCUT2D eigenvalue weighted by atomic mass is 16.2. The first kappa shape index (κ1) is 22.1. The predicted molar refractivity (Wildman–Crippen MR) is 111 cm³/mol. The standard InChI is InChI=1S/C21H29N5O4/c1-24(2)9-3-10-25(11-8-22)13-14-4-5-15-16(12-14)21(30)26(20(15)29)17-6-7-18(27)23-19(17)28/h4-5,12,17H,3,6-11,13,22H2,1-2H3,(H,23,27,28). The molecule has 1 atom stereocenters. The smallest absolute Gasteiger partial charge is 0.262 e. The van der Waals surface area contributed by atoms with Crippen LogP contribution in [0.2, 0.25) is 0 Å². The number of hydrogen-bond acceptors (Lipinski definition) is 7. The number of piperidine rings is 1. The minimum Gasteiger partial charge on any atom is -0.329 e. The zero-order valence-electron chi connectivity index (χ0n) is 17.5. The van der Waals surface area contributed by atoms with Crippen LogP contribution in [0.15, 0.2) is 18.2 Å². The van der Waals surface area contributed by atoms with Gasteiger partial charge in [0.2, 0.25) is 11.8 Å². The number of hydrogen-bond donors (Lipinski definition) is 2. The van der Waals surface area contributed by atoms with E-state index in [4.69, 9.17) is 5.73 Å². The van der Waals surface area contributed by atoms with E-state index in [1.54, 1.807) is 12.1 Å². The van der Waals surface area contributed by atoms with E-state index in [0.29, 0.717) is 24.2 Å². The molecule has 0 saturated carbocycles. The topological polar surface area (TPSA) is 116 Å². The Bertz CT molecular complexity index is 854. The van der Waals surface area contributed by atoms with Crippen molar-refractivity contribution < 1.29 is 19.2 Å². The van der Waals surface area contributed by atoms with Crippen molar-refractivity contribution in [2.45, 2.75) is 31.8 Å². The van der Waals surface area contributed by atoms with Gasteiger partial charge in [-0.25, -0.2) is 0 Å². The van der Waals surface area contributed by atoms with Crippen molar-refractivity contribution >= 4 is 23.6 Å². The number of nitrogens with two attached hydrogens (primary N) is 1. The molecular weight excluding hydrogens is 386 g/mol. The Hall–Kier alpha value is -2.62. The van der Waals surface area contributed by atoms with Crippen LogP contribution in [0.25, 0.3) is 0 Å². The maximum Gasteiger partial charge on any atom is 0.262 e. The maximum atomic E-state index is 12.9. The summed E-state index contributed by atoms with van der Waals surface area (Å²) in [4.78, 5) is 54.6. The van der Waals surface area contributed by atoms with Crippen LogP contribution in [0.1, 0.15) is 45.5 Å². The first-order valence-electron chi connectivity index (χ1n) is 10.2. The third-order valence-electron chi connectivity index (χ3n) is 5.44. The van der Waals surface area contributed by atoms with Gasteiger partial charge in [-0.1, -0.05) is 6.07 Å². The van der Waals surface area contributed by atoms with Gasteiger partial charge in [0.15, 0.2) is 0 Å². The summed E-state index contributed by atoms with van der Waals surface area (Å²) in [5.74, 6) is -1.95. The zero-order valence-corrected chi connectivity index (χ0v) is 17.5. The average Bonchev–Trinajstić information content (AvgIpc) is 2.92. The van der Waals surface area contributed by atoms with E-state index in [1.165, 1.54) is 0 Å². The van der Waals surface area contributed by atoms with Gasteiger partial charge in [0, 0.05) is 26.1 Å². The molecule has 0 spiro atoms. The molecule has 0 aliphatic carbocycles. The van der Waals surface area contributed by atoms with Gasteiger partial charge in [-0.2, -0.15) is 0 Å². The molecule has 3 N–H and O–H groups in total. The molecule has 2 heterocycles. The van der Waals surface area contributed by atoms with Crippen LogP contribution in [-0.4, -0.2) is 84.6 Å². The summed E-state index contributed by atoms with van der Waals surface area (Å²) < 4.78 is 0. The summed E-state index contributed by atoms with van der Waals surface area (Å²) in [6, 6.07) is 4.28. The van der Waals surface area contributed by atoms with Crippen LogP contribution in [0, 0.1) is 0 Å². The van der Waals surface area contributed by atoms with E-state index in [0.717, 1.165) is 36.5 Å². The fourth-order valence-corrected chi connectivity index (χ4v) is 3.94. The molecule has 9 heteroatoms. The van der Waals surface area contributed by atoms with Crippen LogP contribution < -0.4 is 11.1 Å². The Balaban J connectivity index is 1.74. The van der Waals surface area contributed by atoms with E-state index in [2.05, 4.69) is 15.1 Å². The van der Waals surface area contributed by atoms with Crippen LogP contribution in [0.3, 0.4) is 0 Å². The lowest BCUT2D eigenvalue weighted by molar-refractivity contribution is -0.136. The molecule has 0 radical (unpaired) electrons. The molecule has 1 saturated heterocycles. The Morgan fingerprint density at radius 3 is 2.47 bits per heavy atom. The molecule has 0 aromatic heterocycles. The summed E-state index contributed by atoms with van der Waals surface area (Å²) in [6.45, 7) is 3.74. The summed E-state index contributed by atoms with van der Waals surface area (Å²) >= 11 is 0. The molecule has 1 aromatic carbocycles. The molecule has 30 heavy (non-hydrogen) atoms. The lowest BCUT2D eigenvalue weighted by atomic mass is 10.0. The summed E-state index contributed by atoms with van der Waals surface area (Å²) in [5.41, 5.74) is 7.27. The van der Waals surface area contributed by atoms with Crippen molar-refractivity contribution in [2.24, 2.45) is 5.73 Å². The van der Waals surface area contributed by atoms with Gasteiger partial charge in [-0.3, -0.25) is 34.3 Å². The van der Waals surface area contributed by atoms with Crippen LogP contribution in [0.5, 0.6) is 0 Å². The maximum absolute atomic E-state index is 12.9. The van der Waals surface area contributed by atoms with Crippen molar-refractivity contribution in [3.63, 3.8) is 0 Å². The normalized spacial score (nSPS) is 19.1. The first-order valence-corrected chi connectivity index (χ1v) is 10.2. The monoisotopic (exact) mass is 415 g/mol. The third kappa shape index (κ3) is 4.75. The third-order valence-corrected chi connectivity index (χ3v) is 5.44. The fraction of sp³-hybridized carbons (Fsp3) is 0.524. The van der Waals surface area contributed by atoms with Crippen molar-refractivity contribution in [2.75, 3.05) is 40.3 Å². The van der Waals surface area contributed by atoms with E-state index in [9.17, 15) is 19.2 Å². The van der Waals surface area contributed by atoms with E-state index in [1.807, 2.05) is 20.2 Å². The molecule has 1 aromatic rings. The molecule has 2 aliphatic heterocycles. The van der Waals surface area contributed by atoms with Gasteiger partial charge in [0.25, 0.3) is 11.8 Å². The molecule has 1 unspecified atom stereocenters. The minimum atomic E-state index is -0.946. The minimum absolute atomic E-state index is 0.107. The van der Waals surface area contributed by atoms with E-state index in [-0.39, 0.29) is 18.7 Å². The average molecular weight is 415 g/mol. The van der Waals surface area contributed by atoms with Crippen LogP contribution in [0.4, 0.5) is 0 Å². The number of nitrogens with one attached hydrogen (secondary N) is 1. The first-order chi connectivity index (χ1) is 14.3. The number of benzene rings is 1. The molecular formula is C21H29N5O4. The van der Waals surface area contributed by atoms with E-state index < -0.39 is 23.8 Å². The largest absolute Gasteiger partial charge is 0.329 e. The number of carbonyl (C=O) groups is 4. The zero-order chi connectivity index (χ0) is 21.8. The number of rotatable bonds is 9. The number of carbonyl (C=O) groups excluding carboxylic acids is 4. The van der Waals surface area contributed by atoms with Crippen molar-refractivity contribution in [3.05, 3.63) is 34.9 Å². The Labute approximate surface area is 176 Å². The predicted octanol–water partition coefficient (Wildman–Crippen LogP) is -0.200. The number of nitrogens with zero attached hydrogens (tertiary/aromatic N) is 3. The van der Waals surface area contributed by atoms with Gasteiger partial charge in [0.05, 0.1) is 11.1 Å². The summed E-state index contributed by atoms with van der Waals surface area (Å²) in [7, 11) is 4.06. The van der Waals surface area contributed by atoms with Gasteiger partial charge in [0.1, 0.15) is 6.04 Å². The Kier molecular flexibility index (Phi) is 6.96. The second-order valence-corrected chi connectivity index (χ2v) is 8.05. The van der Waals surface area contributed by atoms with Gasteiger partial charge in [-0.05, 0) is 57.7 Å². The lowest BCUT2D eigenvalue weighted by Gasteiger charge is -2.27. The van der Waals surface area contributed by atoms with E-state index >= 15 is 0 Å². The second kappa shape index (κ2) is 9.46. The highest BCUT2D eigenvalue weighted by molar-refractivity contribution is 6.23. The molecule has 4 amide bonds. The van der Waals surface area contributed by atoms with Gasteiger partial charge >= 0.3 is 0 Å². The number of imide groups is 2. The molecule has 162 valence electrons. The highest BCUT2D eigenvalue weighted by Gasteiger charge is 2.44. The molecule has 1 fully saturated rings. The molecule has 9 nitrogen and oxygen atoms in total. The van der Waals surface area contributed by atoms with Crippen LogP contribution in [-0.2, 0) is 16.1 Å². The quantitative estimate of drug-likeness (QED) is 0.537. The van der Waals surface area contributed by atoms with Crippen molar-refractivity contribution in [1.29, 1.82) is 0 Å². The lowest BCUT2D eigenvalue weighted by Crippen LogP contribution is -2.54. The SMILES string of the molecule is CN(C)CCCN(CCN)Cc1ccc2c(c1)C(=O)N(C1CCC(=O)NC1=O)C2=O. The Morgan fingerprint density at radius 1 is 1.07 bits per heavy atom. The molecule has 3 rings (SSSR count). The summed E-state index contributed by atoms with van der Waals surface area (Å²) in [5, 5.41) is 2.21. The summed E-state index contributed by atoms with van der Waals surface area (Å²) in [6.07, 6.45) is 1.26. The number of fused-ring (bicyclic) bond motifs is 1. The van der Waals surface area contributed by atoms with Gasteiger partial charge in [-0.15, -0.1) is 0 Å². The molecule has 2 aliphatic rings. The van der Waals surface area contributed by atoms with Gasteiger partial charge < -0.3 is 10.6 Å². The van der Waals surface area contributed by atoms with Crippen molar-refractivity contribution in [1.82, 2.24) is 20.0 Å². The van der Waals surface area contributed by atoms with Crippen molar-refractivity contribution in [3.8, 4) is 0 Å². The Morgan fingerprint density at radius 2 is 1.80 bits per heavy atom. The highest BCUT2D eigenvalue weighted by Crippen LogP contribution is 2.28.